The first-order chi connectivity index (χ1) is 13.6. The van der Waals surface area contributed by atoms with Crippen LogP contribution in [-0.4, -0.2) is 33.0 Å². The van der Waals surface area contributed by atoms with Gasteiger partial charge in [-0.15, -0.1) is 0 Å². The van der Waals surface area contributed by atoms with E-state index in [1.165, 1.54) is 31.4 Å². The molecule has 0 saturated heterocycles. The number of amides is 2. The molecule has 1 aromatic carbocycles. The molecule has 4 saturated carbocycles. The van der Waals surface area contributed by atoms with Gasteiger partial charge in [-0.2, -0.15) is 0 Å². The SMILES string of the molecule is Cc1ccc(S(C)(=O)=O)cc1NC(=O)CCNC(=O)C12CC3CC(CC(C3)C1)C2. The van der Waals surface area contributed by atoms with Gasteiger partial charge >= 0.3 is 0 Å². The molecule has 7 heteroatoms. The van der Waals surface area contributed by atoms with E-state index in [1.807, 2.05) is 6.92 Å². The van der Waals surface area contributed by atoms with Crippen molar-refractivity contribution in [1.82, 2.24) is 5.32 Å². The van der Waals surface area contributed by atoms with Gasteiger partial charge in [0.25, 0.3) is 0 Å². The van der Waals surface area contributed by atoms with Crippen LogP contribution in [0.2, 0.25) is 0 Å². The number of benzene rings is 1. The molecule has 5 rings (SSSR count). The normalized spacial score (nSPS) is 30.2. The number of rotatable bonds is 6. The van der Waals surface area contributed by atoms with E-state index in [9.17, 15) is 18.0 Å². The molecule has 0 aromatic heterocycles. The van der Waals surface area contributed by atoms with Gasteiger partial charge in [0.05, 0.1) is 4.90 Å². The largest absolute Gasteiger partial charge is 0.355 e. The summed E-state index contributed by atoms with van der Waals surface area (Å²) in [6.07, 6.45) is 8.21. The molecule has 4 fully saturated rings. The number of sulfone groups is 1. The van der Waals surface area contributed by atoms with E-state index in [2.05, 4.69) is 10.6 Å². The Labute approximate surface area is 172 Å². The Morgan fingerprint density at radius 1 is 1.07 bits per heavy atom. The third-order valence-corrected chi connectivity index (χ3v) is 8.18. The first kappa shape index (κ1) is 20.4. The first-order valence-corrected chi connectivity index (χ1v) is 12.4. The average Bonchev–Trinajstić information content (AvgIpc) is 2.61. The van der Waals surface area contributed by atoms with Gasteiger partial charge in [-0.05, 0) is 80.9 Å². The Kier molecular flexibility index (Phi) is 5.21. The van der Waals surface area contributed by atoms with Crippen LogP contribution in [-0.2, 0) is 19.4 Å². The molecule has 2 amide bonds. The molecule has 0 heterocycles. The standard InChI is InChI=1S/C22H30N2O4S/c1-14-3-4-18(29(2,27)28)10-19(14)24-20(25)5-6-23-21(26)22-11-15-7-16(12-22)9-17(8-15)13-22/h3-4,10,15-17H,5-9,11-13H2,1-2H3,(H,23,26)(H,24,25). The van der Waals surface area contributed by atoms with E-state index >= 15 is 0 Å². The van der Waals surface area contributed by atoms with Crippen molar-refractivity contribution >= 4 is 27.3 Å². The van der Waals surface area contributed by atoms with Crippen LogP contribution in [0.4, 0.5) is 5.69 Å². The summed E-state index contributed by atoms with van der Waals surface area (Å²) in [5.74, 6) is 2.02. The van der Waals surface area contributed by atoms with E-state index in [0.29, 0.717) is 30.0 Å². The van der Waals surface area contributed by atoms with Crippen molar-refractivity contribution in [3.8, 4) is 0 Å². The molecule has 4 bridgehead atoms. The van der Waals surface area contributed by atoms with E-state index in [1.54, 1.807) is 6.07 Å². The number of nitrogens with one attached hydrogen (secondary N) is 2. The molecule has 6 nitrogen and oxygen atoms in total. The lowest BCUT2D eigenvalue weighted by atomic mass is 9.49. The minimum Gasteiger partial charge on any atom is -0.355 e. The highest BCUT2D eigenvalue weighted by molar-refractivity contribution is 7.90. The van der Waals surface area contributed by atoms with E-state index in [4.69, 9.17) is 0 Å². The zero-order valence-electron chi connectivity index (χ0n) is 17.2. The Morgan fingerprint density at radius 2 is 1.66 bits per heavy atom. The Balaban J connectivity index is 1.31. The van der Waals surface area contributed by atoms with Crippen LogP contribution in [0, 0.1) is 30.1 Å². The number of carbonyl (C=O) groups is 2. The summed E-state index contributed by atoms with van der Waals surface area (Å²) >= 11 is 0. The summed E-state index contributed by atoms with van der Waals surface area (Å²) in [7, 11) is -3.34. The predicted molar refractivity (Wildman–Crippen MR) is 111 cm³/mol. The summed E-state index contributed by atoms with van der Waals surface area (Å²) in [6, 6.07) is 4.70. The zero-order chi connectivity index (χ0) is 20.8. The maximum atomic E-state index is 12.9. The van der Waals surface area contributed by atoms with E-state index in [0.717, 1.165) is 31.1 Å². The van der Waals surface area contributed by atoms with Crippen molar-refractivity contribution < 1.29 is 18.0 Å². The fraction of sp³-hybridized carbons (Fsp3) is 0.636. The minimum absolute atomic E-state index is 0.125. The lowest BCUT2D eigenvalue weighted by Crippen LogP contribution is -2.53. The highest BCUT2D eigenvalue weighted by Crippen LogP contribution is 2.60. The third kappa shape index (κ3) is 4.20. The molecule has 29 heavy (non-hydrogen) atoms. The molecule has 0 radical (unpaired) electrons. The Bertz CT molecular complexity index is 903. The molecule has 4 aliphatic carbocycles. The summed E-state index contributed by atoms with van der Waals surface area (Å²) in [5.41, 5.74) is 1.08. The monoisotopic (exact) mass is 418 g/mol. The maximum absolute atomic E-state index is 12.9. The summed E-state index contributed by atoms with van der Waals surface area (Å²) in [6.45, 7) is 2.12. The average molecular weight is 419 g/mol. The van der Waals surface area contributed by atoms with Crippen LogP contribution in [0.25, 0.3) is 0 Å². The van der Waals surface area contributed by atoms with E-state index < -0.39 is 9.84 Å². The molecule has 2 N–H and O–H groups in total. The third-order valence-electron chi connectivity index (χ3n) is 7.07. The maximum Gasteiger partial charge on any atom is 0.226 e. The smallest absolute Gasteiger partial charge is 0.226 e. The summed E-state index contributed by atoms with van der Waals surface area (Å²) in [5, 5.41) is 5.79. The van der Waals surface area contributed by atoms with Crippen LogP contribution >= 0.6 is 0 Å². The predicted octanol–water partition coefficient (Wildman–Crippen LogP) is 3.06. The second kappa shape index (κ2) is 7.42. The Morgan fingerprint density at radius 3 is 2.21 bits per heavy atom. The van der Waals surface area contributed by atoms with E-state index in [-0.39, 0.29) is 28.5 Å². The van der Waals surface area contributed by atoms with Gasteiger partial charge in [-0.3, -0.25) is 9.59 Å². The zero-order valence-corrected chi connectivity index (χ0v) is 18.0. The minimum atomic E-state index is -3.34. The van der Waals surface area contributed by atoms with Gasteiger partial charge in [-0.1, -0.05) is 6.07 Å². The van der Waals surface area contributed by atoms with Crippen LogP contribution in [0.15, 0.2) is 23.1 Å². The van der Waals surface area contributed by atoms with Gasteiger partial charge in [0.1, 0.15) is 0 Å². The molecular formula is C22H30N2O4S. The van der Waals surface area contributed by atoms with Crippen LogP contribution in [0.3, 0.4) is 0 Å². The van der Waals surface area contributed by atoms with Crippen molar-refractivity contribution in [2.24, 2.45) is 23.2 Å². The summed E-state index contributed by atoms with van der Waals surface area (Å²) in [4.78, 5) is 25.5. The lowest BCUT2D eigenvalue weighted by Gasteiger charge is -2.55. The fourth-order valence-electron chi connectivity index (χ4n) is 6.04. The van der Waals surface area contributed by atoms with Crippen molar-refractivity contribution in [3.63, 3.8) is 0 Å². The number of aryl methyl sites for hydroxylation is 1. The topological polar surface area (TPSA) is 92.3 Å². The fourth-order valence-corrected chi connectivity index (χ4v) is 6.69. The number of hydrogen-bond acceptors (Lipinski definition) is 4. The first-order valence-electron chi connectivity index (χ1n) is 10.5. The molecule has 1 aromatic rings. The van der Waals surface area contributed by atoms with Crippen LogP contribution < -0.4 is 10.6 Å². The lowest BCUT2D eigenvalue weighted by molar-refractivity contribution is -0.146. The van der Waals surface area contributed by atoms with Gasteiger partial charge in [0, 0.05) is 30.3 Å². The Hall–Kier alpha value is -1.89. The quantitative estimate of drug-likeness (QED) is 0.743. The van der Waals surface area contributed by atoms with Crippen molar-refractivity contribution in [3.05, 3.63) is 23.8 Å². The van der Waals surface area contributed by atoms with Gasteiger partial charge in [0.2, 0.25) is 11.8 Å². The molecule has 4 aliphatic rings. The van der Waals surface area contributed by atoms with Crippen molar-refractivity contribution in [1.29, 1.82) is 0 Å². The van der Waals surface area contributed by atoms with Gasteiger partial charge < -0.3 is 10.6 Å². The molecule has 0 aliphatic heterocycles. The number of hydrogen-bond donors (Lipinski definition) is 2. The molecule has 0 unspecified atom stereocenters. The number of carbonyl (C=O) groups excluding carboxylic acids is 2. The second-order valence-electron chi connectivity index (χ2n) is 9.50. The highest BCUT2D eigenvalue weighted by Gasteiger charge is 2.54. The van der Waals surface area contributed by atoms with Gasteiger partial charge in [-0.25, -0.2) is 8.42 Å². The van der Waals surface area contributed by atoms with Crippen molar-refractivity contribution in [2.45, 2.75) is 56.8 Å². The molecule has 0 atom stereocenters. The molecule has 0 spiro atoms. The number of anilines is 1. The van der Waals surface area contributed by atoms with Gasteiger partial charge in [0.15, 0.2) is 9.84 Å². The second-order valence-corrected chi connectivity index (χ2v) is 11.5. The summed E-state index contributed by atoms with van der Waals surface area (Å²) < 4.78 is 23.5. The van der Waals surface area contributed by atoms with Crippen LogP contribution in [0.5, 0.6) is 0 Å². The molecular weight excluding hydrogens is 388 g/mol. The molecule has 158 valence electrons. The van der Waals surface area contributed by atoms with Crippen LogP contribution in [0.1, 0.15) is 50.5 Å². The highest BCUT2D eigenvalue weighted by atomic mass is 32.2. The van der Waals surface area contributed by atoms with Crippen molar-refractivity contribution in [2.75, 3.05) is 18.1 Å².